The van der Waals surface area contributed by atoms with Gasteiger partial charge in [-0.1, -0.05) is 0 Å². The minimum Gasteiger partial charge on any atom is -0.343 e. The normalized spacial score (nSPS) is 22.2. The molecule has 1 aromatic heterocycles. The Morgan fingerprint density at radius 3 is 2.61 bits per heavy atom. The molecule has 1 atom stereocenters. The molecule has 2 saturated heterocycles. The van der Waals surface area contributed by atoms with Crippen molar-refractivity contribution in [3.8, 4) is 0 Å². The molecule has 1 aromatic rings. The third-order valence-electron chi connectivity index (χ3n) is 4.89. The number of piperazine rings is 2. The Morgan fingerprint density at radius 2 is 1.87 bits per heavy atom. The zero-order valence-electron chi connectivity index (χ0n) is 13.8. The molecule has 1 N–H and O–H groups in total. The van der Waals surface area contributed by atoms with E-state index in [1.165, 1.54) is 0 Å². The predicted octanol–water partition coefficient (Wildman–Crippen LogP) is -0.410. The van der Waals surface area contributed by atoms with Crippen LogP contribution in [0, 0.1) is 13.8 Å². The largest absolute Gasteiger partial charge is 0.343 e. The summed E-state index contributed by atoms with van der Waals surface area (Å²) in [5.74, 6) is -0.252. The van der Waals surface area contributed by atoms with Crippen molar-refractivity contribution in [3.63, 3.8) is 0 Å². The number of hydrogen-bond donors (Lipinski definition) is 1. The van der Waals surface area contributed by atoms with Crippen LogP contribution in [-0.4, -0.2) is 77.3 Å². The van der Waals surface area contributed by atoms with Crippen molar-refractivity contribution in [2.45, 2.75) is 19.9 Å². The summed E-state index contributed by atoms with van der Waals surface area (Å²) in [5, 5.41) is 0. The number of H-pyrrole nitrogens is 1. The van der Waals surface area contributed by atoms with Crippen molar-refractivity contribution in [2.75, 3.05) is 39.8 Å². The van der Waals surface area contributed by atoms with E-state index in [1.807, 2.05) is 6.92 Å². The quantitative estimate of drug-likeness (QED) is 0.764. The Bertz CT molecular complexity index is 712. The SMILES string of the molecule is Cc1cc(C(=O)N2CCN3CCN(C)C(=O)[C@H]3C2)c(=O)[nH]c1C. The van der Waals surface area contributed by atoms with Gasteiger partial charge in [-0.2, -0.15) is 0 Å². The maximum absolute atomic E-state index is 12.7. The van der Waals surface area contributed by atoms with Gasteiger partial charge in [0.25, 0.3) is 11.5 Å². The van der Waals surface area contributed by atoms with Gasteiger partial charge >= 0.3 is 0 Å². The molecule has 3 rings (SSSR count). The molecule has 0 bridgehead atoms. The van der Waals surface area contributed by atoms with Crippen LogP contribution in [0.3, 0.4) is 0 Å². The molecule has 0 unspecified atom stereocenters. The highest BCUT2D eigenvalue weighted by atomic mass is 16.2. The van der Waals surface area contributed by atoms with Crippen LogP contribution >= 0.6 is 0 Å². The average molecular weight is 318 g/mol. The zero-order chi connectivity index (χ0) is 16.7. The molecule has 2 fully saturated rings. The number of fused-ring (bicyclic) bond motifs is 1. The lowest BCUT2D eigenvalue weighted by atomic mass is 10.1. The summed E-state index contributed by atoms with van der Waals surface area (Å²) in [6.45, 7) is 6.77. The van der Waals surface area contributed by atoms with Crippen LogP contribution in [-0.2, 0) is 4.79 Å². The number of carbonyl (C=O) groups is 2. The highest BCUT2D eigenvalue weighted by Gasteiger charge is 2.39. The van der Waals surface area contributed by atoms with Crippen LogP contribution in [0.25, 0.3) is 0 Å². The monoisotopic (exact) mass is 318 g/mol. The third kappa shape index (κ3) is 2.76. The van der Waals surface area contributed by atoms with E-state index in [2.05, 4.69) is 9.88 Å². The number of aryl methyl sites for hydroxylation is 2. The van der Waals surface area contributed by atoms with Crippen LogP contribution in [0.2, 0.25) is 0 Å². The van der Waals surface area contributed by atoms with Crippen molar-refractivity contribution in [1.82, 2.24) is 19.7 Å². The van der Waals surface area contributed by atoms with Crippen LogP contribution in [0.15, 0.2) is 10.9 Å². The van der Waals surface area contributed by atoms with Crippen molar-refractivity contribution in [2.24, 2.45) is 0 Å². The van der Waals surface area contributed by atoms with E-state index >= 15 is 0 Å². The lowest BCUT2D eigenvalue weighted by molar-refractivity contribution is -0.142. The lowest BCUT2D eigenvalue weighted by Crippen LogP contribution is -2.64. The first-order valence-corrected chi connectivity index (χ1v) is 7.87. The second kappa shape index (κ2) is 5.81. The van der Waals surface area contributed by atoms with E-state index in [0.29, 0.717) is 19.6 Å². The third-order valence-corrected chi connectivity index (χ3v) is 4.89. The number of rotatable bonds is 1. The first kappa shape index (κ1) is 15.7. The van der Waals surface area contributed by atoms with Gasteiger partial charge in [-0.25, -0.2) is 0 Å². The number of hydrogen-bond acceptors (Lipinski definition) is 4. The molecule has 0 spiro atoms. The molecule has 0 saturated carbocycles. The number of amides is 2. The zero-order valence-corrected chi connectivity index (χ0v) is 13.8. The predicted molar refractivity (Wildman–Crippen MR) is 85.4 cm³/mol. The Morgan fingerprint density at radius 1 is 1.17 bits per heavy atom. The van der Waals surface area contributed by atoms with Crippen molar-refractivity contribution in [1.29, 1.82) is 0 Å². The summed E-state index contributed by atoms with van der Waals surface area (Å²) in [4.78, 5) is 45.3. The van der Waals surface area contributed by atoms with Gasteiger partial charge in [-0.05, 0) is 25.5 Å². The molecule has 7 nitrogen and oxygen atoms in total. The molecule has 7 heteroatoms. The summed E-state index contributed by atoms with van der Waals surface area (Å²) < 4.78 is 0. The van der Waals surface area contributed by atoms with Crippen LogP contribution in [0.1, 0.15) is 21.6 Å². The lowest BCUT2D eigenvalue weighted by Gasteiger charge is -2.45. The number of aromatic amines is 1. The minimum absolute atomic E-state index is 0.0442. The van der Waals surface area contributed by atoms with Gasteiger partial charge in [0.05, 0.1) is 0 Å². The van der Waals surface area contributed by atoms with Gasteiger partial charge in [0.15, 0.2) is 0 Å². The summed E-state index contributed by atoms with van der Waals surface area (Å²) in [6.07, 6.45) is 0. The fourth-order valence-corrected chi connectivity index (χ4v) is 3.21. The van der Waals surface area contributed by atoms with Gasteiger partial charge in [0.2, 0.25) is 5.91 Å². The number of nitrogens with one attached hydrogen (secondary N) is 1. The highest BCUT2D eigenvalue weighted by Crippen LogP contribution is 2.17. The molecule has 0 radical (unpaired) electrons. The molecule has 2 aliphatic heterocycles. The van der Waals surface area contributed by atoms with Crippen LogP contribution < -0.4 is 5.56 Å². The second-order valence-electron chi connectivity index (χ2n) is 6.38. The maximum Gasteiger partial charge on any atom is 0.261 e. The fraction of sp³-hybridized carbons (Fsp3) is 0.562. The second-order valence-corrected chi connectivity index (χ2v) is 6.38. The van der Waals surface area contributed by atoms with Crippen LogP contribution in [0.4, 0.5) is 0 Å². The Balaban J connectivity index is 1.83. The molecular weight excluding hydrogens is 296 g/mol. The molecule has 2 amide bonds. The van der Waals surface area contributed by atoms with Gasteiger partial charge in [0, 0.05) is 45.5 Å². The van der Waals surface area contributed by atoms with Crippen molar-refractivity contribution < 1.29 is 9.59 Å². The maximum atomic E-state index is 12.7. The van der Waals surface area contributed by atoms with E-state index in [1.54, 1.807) is 29.8 Å². The summed E-state index contributed by atoms with van der Waals surface area (Å²) in [6, 6.07) is 1.34. The fourth-order valence-electron chi connectivity index (χ4n) is 3.21. The van der Waals surface area contributed by atoms with Crippen molar-refractivity contribution in [3.05, 3.63) is 33.2 Å². The summed E-state index contributed by atoms with van der Waals surface area (Å²) >= 11 is 0. The Hall–Kier alpha value is -2.15. The molecular formula is C16H22N4O3. The average Bonchev–Trinajstić information content (AvgIpc) is 2.53. The molecule has 3 heterocycles. The smallest absolute Gasteiger partial charge is 0.261 e. The summed E-state index contributed by atoms with van der Waals surface area (Å²) in [7, 11) is 1.79. The molecule has 23 heavy (non-hydrogen) atoms. The topological polar surface area (TPSA) is 76.7 Å². The first-order chi connectivity index (χ1) is 10.9. The number of carbonyl (C=O) groups excluding carboxylic acids is 2. The van der Waals surface area contributed by atoms with Gasteiger partial charge in [-0.15, -0.1) is 0 Å². The van der Waals surface area contributed by atoms with E-state index in [-0.39, 0.29) is 29.0 Å². The number of pyridine rings is 1. The molecule has 124 valence electrons. The van der Waals surface area contributed by atoms with Crippen molar-refractivity contribution >= 4 is 11.8 Å². The van der Waals surface area contributed by atoms with E-state index in [0.717, 1.165) is 24.3 Å². The van der Waals surface area contributed by atoms with E-state index < -0.39 is 0 Å². The van der Waals surface area contributed by atoms with Gasteiger partial charge in [0.1, 0.15) is 11.6 Å². The minimum atomic E-state index is -0.368. The number of nitrogens with zero attached hydrogens (tertiary/aromatic N) is 3. The van der Waals surface area contributed by atoms with Gasteiger partial charge in [-0.3, -0.25) is 19.3 Å². The summed E-state index contributed by atoms with van der Waals surface area (Å²) in [5.41, 5.74) is 1.42. The van der Waals surface area contributed by atoms with Gasteiger partial charge < -0.3 is 14.8 Å². The number of likely N-dealkylation sites (N-methyl/N-ethyl adjacent to an activating group) is 1. The van der Waals surface area contributed by atoms with E-state index in [4.69, 9.17) is 0 Å². The molecule has 0 aliphatic carbocycles. The molecule has 0 aromatic carbocycles. The van der Waals surface area contributed by atoms with E-state index in [9.17, 15) is 14.4 Å². The first-order valence-electron chi connectivity index (χ1n) is 7.87. The Labute approximate surface area is 134 Å². The molecule has 2 aliphatic rings. The highest BCUT2D eigenvalue weighted by molar-refractivity contribution is 5.95. The van der Waals surface area contributed by atoms with Crippen LogP contribution in [0.5, 0.6) is 0 Å². The number of aromatic nitrogens is 1. The Kier molecular flexibility index (Phi) is 3.97. The standard InChI is InChI=1S/C16H22N4O3/c1-10-8-12(14(21)17-11(10)2)15(22)20-7-6-19-5-4-18(3)16(23)13(19)9-20/h8,13H,4-7,9H2,1-3H3,(H,17,21)/t13-/m1/s1.